The molecule has 2 aromatic carbocycles. The van der Waals surface area contributed by atoms with Gasteiger partial charge < -0.3 is 25.2 Å². The van der Waals surface area contributed by atoms with Crippen LogP contribution in [-0.4, -0.2) is 37.9 Å². The van der Waals surface area contributed by atoms with Crippen molar-refractivity contribution in [3.63, 3.8) is 0 Å². The Kier molecular flexibility index (Phi) is 8.29. The van der Waals surface area contributed by atoms with E-state index in [4.69, 9.17) is 9.47 Å². The first-order valence-electron chi connectivity index (χ1n) is 8.73. The van der Waals surface area contributed by atoms with Crippen LogP contribution in [0.1, 0.15) is 18.1 Å². The van der Waals surface area contributed by atoms with Crippen molar-refractivity contribution in [3.05, 3.63) is 59.7 Å². The molecule has 3 N–H and O–H groups in total. The van der Waals surface area contributed by atoms with Crippen LogP contribution < -0.4 is 20.1 Å². The lowest BCUT2D eigenvalue weighted by Gasteiger charge is -2.13. The summed E-state index contributed by atoms with van der Waals surface area (Å²) in [7, 11) is 1.64. The summed E-state index contributed by atoms with van der Waals surface area (Å²) in [6, 6.07) is 15.2. The first-order valence-corrected chi connectivity index (χ1v) is 8.73. The van der Waals surface area contributed by atoms with Gasteiger partial charge in [0.05, 0.1) is 26.8 Å². The Morgan fingerprint density at radius 1 is 1.00 bits per heavy atom. The number of aliphatic hydroxyl groups excluding tert-OH is 1. The Hall–Kier alpha value is -2.73. The van der Waals surface area contributed by atoms with Crippen LogP contribution in [-0.2, 0) is 13.2 Å². The average Bonchev–Trinajstić information content (AvgIpc) is 2.69. The number of aliphatic hydroxyl groups is 1. The van der Waals surface area contributed by atoms with Gasteiger partial charge in [0.2, 0.25) is 0 Å². The van der Waals surface area contributed by atoms with Gasteiger partial charge in [-0.2, -0.15) is 0 Å². The minimum Gasteiger partial charge on any atom is -0.497 e. The highest BCUT2D eigenvalue weighted by Crippen LogP contribution is 2.16. The van der Waals surface area contributed by atoms with Crippen LogP contribution in [0, 0.1) is 0 Å². The van der Waals surface area contributed by atoms with Gasteiger partial charge in [0, 0.05) is 6.54 Å². The van der Waals surface area contributed by atoms with E-state index in [0.717, 1.165) is 35.1 Å². The van der Waals surface area contributed by atoms with Crippen molar-refractivity contribution in [1.82, 2.24) is 10.6 Å². The molecule has 0 radical (unpaired) electrons. The molecule has 2 rings (SSSR count). The van der Waals surface area contributed by atoms with Gasteiger partial charge in [-0.1, -0.05) is 24.3 Å². The number of ether oxygens (including phenoxy) is 2. The number of hydrogen-bond donors (Lipinski definition) is 3. The molecule has 0 heterocycles. The minimum absolute atomic E-state index is 0.0192. The fraction of sp³-hybridized carbons (Fsp3) is 0.350. The number of hydrogen-bond acceptors (Lipinski definition) is 4. The molecule has 0 saturated carbocycles. The van der Waals surface area contributed by atoms with E-state index in [0.29, 0.717) is 19.7 Å². The number of methoxy groups -OCH3 is 1. The van der Waals surface area contributed by atoms with E-state index in [2.05, 4.69) is 15.6 Å². The van der Waals surface area contributed by atoms with Crippen LogP contribution >= 0.6 is 0 Å². The number of benzene rings is 2. The largest absolute Gasteiger partial charge is 0.497 e. The number of aliphatic imine (C=N–C) groups is 1. The monoisotopic (exact) mass is 357 g/mol. The zero-order chi connectivity index (χ0) is 18.6. The first kappa shape index (κ1) is 19.6. The van der Waals surface area contributed by atoms with Gasteiger partial charge in [0.25, 0.3) is 0 Å². The molecule has 6 nitrogen and oxygen atoms in total. The fourth-order valence-corrected chi connectivity index (χ4v) is 2.38. The van der Waals surface area contributed by atoms with Crippen molar-refractivity contribution in [3.8, 4) is 11.5 Å². The van der Waals surface area contributed by atoms with Crippen molar-refractivity contribution in [1.29, 1.82) is 0 Å². The lowest BCUT2D eigenvalue weighted by atomic mass is 10.1. The molecule has 6 heteroatoms. The van der Waals surface area contributed by atoms with E-state index >= 15 is 0 Å². The van der Waals surface area contributed by atoms with E-state index in [-0.39, 0.29) is 6.61 Å². The van der Waals surface area contributed by atoms with Gasteiger partial charge in [0.15, 0.2) is 5.96 Å². The zero-order valence-electron chi connectivity index (χ0n) is 15.4. The zero-order valence-corrected chi connectivity index (χ0v) is 15.4. The molecule has 0 bridgehead atoms. The Labute approximate surface area is 154 Å². The summed E-state index contributed by atoms with van der Waals surface area (Å²) in [5, 5.41) is 15.9. The maximum atomic E-state index is 9.40. The number of nitrogens with one attached hydrogen (secondary N) is 2. The number of rotatable bonds is 9. The molecular formula is C20H27N3O3. The van der Waals surface area contributed by atoms with Crippen molar-refractivity contribution in [2.24, 2.45) is 4.99 Å². The standard InChI is InChI=1S/C20H27N3O3/c1-3-21-20(23-14-16-6-4-5-7-17(16)15-24)22-12-13-26-19-10-8-18(25-2)9-11-19/h4-11,24H,3,12-15H2,1-2H3,(H2,21,22,23). The second-order valence-electron chi connectivity index (χ2n) is 5.57. The molecule has 0 spiro atoms. The molecule has 140 valence electrons. The summed E-state index contributed by atoms with van der Waals surface area (Å²) in [5.74, 6) is 2.32. The molecule has 26 heavy (non-hydrogen) atoms. The summed E-state index contributed by atoms with van der Waals surface area (Å²) in [6.07, 6.45) is 0. The Morgan fingerprint density at radius 3 is 2.35 bits per heavy atom. The van der Waals surface area contributed by atoms with E-state index in [1.54, 1.807) is 7.11 Å². The van der Waals surface area contributed by atoms with Crippen LogP contribution in [0.5, 0.6) is 11.5 Å². The van der Waals surface area contributed by atoms with Crippen LogP contribution in [0.2, 0.25) is 0 Å². The summed E-state index contributed by atoms with van der Waals surface area (Å²) >= 11 is 0. The minimum atomic E-state index is 0.0192. The molecular weight excluding hydrogens is 330 g/mol. The Morgan fingerprint density at radius 2 is 1.69 bits per heavy atom. The molecule has 0 aliphatic carbocycles. The highest BCUT2D eigenvalue weighted by molar-refractivity contribution is 5.79. The summed E-state index contributed by atoms with van der Waals surface area (Å²) in [6.45, 7) is 4.46. The highest BCUT2D eigenvalue weighted by atomic mass is 16.5. The predicted molar refractivity (Wildman–Crippen MR) is 104 cm³/mol. The third kappa shape index (κ3) is 6.29. The second-order valence-corrected chi connectivity index (χ2v) is 5.57. The number of guanidine groups is 1. The Bertz CT molecular complexity index is 687. The molecule has 0 saturated heterocycles. The first-order chi connectivity index (χ1) is 12.8. The van der Waals surface area contributed by atoms with Crippen LogP contribution in [0.3, 0.4) is 0 Å². The molecule has 0 aliphatic heterocycles. The van der Waals surface area contributed by atoms with Gasteiger partial charge in [0.1, 0.15) is 18.1 Å². The molecule has 2 aromatic rings. The molecule has 0 atom stereocenters. The lowest BCUT2D eigenvalue weighted by molar-refractivity contribution is 0.280. The van der Waals surface area contributed by atoms with E-state index in [9.17, 15) is 5.11 Å². The van der Waals surface area contributed by atoms with Crippen LogP contribution in [0.4, 0.5) is 0 Å². The SMILES string of the molecule is CCNC(=NCc1ccccc1CO)NCCOc1ccc(OC)cc1. The lowest BCUT2D eigenvalue weighted by Crippen LogP contribution is -2.39. The van der Waals surface area contributed by atoms with Crippen molar-refractivity contribution in [2.75, 3.05) is 26.8 Å². The topological polar surface area (TPSA) is 75.1 Å². The average molecular weight is 357 g/mol. The molecule has 0 aromatic heterocycles. The maximum Gasteiger partial charge on any atom is 0.191 e. The van der Waals surface area contributed by atoms with E-state index in [1.807, 2.05) is 55.5 Å². The molecule has 0 fully saturated rings. The van der Waals surface area contributed by atoms with Crippen molar-refractivity contribution in [2.45, 2.75) is 20.1 Å². The highest BCUT2D eigenvalue weighted by Gasteiger charge is 2.02. The van der Waals surface area contributed by atoms with Gasteiger partial charge in [-0.25, -0.2) is 4.99 Å². The van der Waals surface area contributed by atoms with Gasteiger partial charge in [-0.3, -0.25) is 0 Å². The van der Waals surface area contributed by atoms with E-state index < -0.39 is 0 Å². The van der Waals surface area contributed by atoms with Gasteiger partial charge in [-0.15, -0.1) is 0 Å². The van der Waals surface area contributed by atoms with Gasteiger partial charge in [-0.05, 0) is 42.3 Å². The maximum absolute atomic E-state index is 9.40. The number of nitrogens with zero attached hydrogens (tertiary/aromatic N) is 1. The summed E-state index contributed by atoms with van der Waals surface area (Å²) in [5.41, 5.74) is 1.91. The Balaban J connectivity index is 1.83. The van der Waals surface area contributed by atoms with Crippen molar-refractivity contribution >= 4 is 5.96 Å². The predicted octanol–water partition coefficient (Wildman–Crippen LogP) is 2.32. The van der Waals surface area contributed by atoms with Crippen LogP contribution in [0.15, 0.2) is 53.5 Å². The summed E-state index contributed by atoms with van der Waals surface area (Å²) in [4.78, 5) is 4.57. The third-order valence-electron chi connectivity index (χ3n) is 3.76. The van der Waals surface area contributed by atoms with Gasteiger partial charge >= 0.3 is 0 Å². The fourth-order valence-electron chi connectivity index (χ4n) is 2.38. The molecule has 0 unspecified atom stereocenters. The quantitative estimate of drug-likeness (QED) is 0.365. The van der Waals surface area contributed by atoms with E-state index in [1.165, 1.54) is 0 Å². The van der Waals surface area contributed by atoms with Crippen LogP contribution in [0.25, 0.3) is 0 Å². The second kappa shape index (κ2) is 11.0. The molecule has 0 amide bonds. The van der Waals surface area contributed by atoms with Crippen molar-refractivity contribution < 1.29 is 14.6 Å². The molecule has 0 aliphatic rings. The normalized spacial score (nSPS) is 11.1. The summed E-state index contributed by atoms with van der Waals surface area (Å²) < 4.78 is 10.8. The smallest absolute Gasteiger partial charge is 0.191 e. The third-order valence-corrected chi connectivity index (χ3v) is 3.76.